The highest BCUT2D eigenvalue weighted by Crippen LogP contribution is 2.38. The van der Waals surface area contributed by atoms with Crippen LogP contribution in [0.1, 0.15) is 15.9 Å². The summed E-state index contributed by atoms with van der Waals surface area (Å²) in [6.45, 7) is 0. The minimum Gasteiger partial charge on any atom is -0.493 e. The largest absolute Gasteiger partial charge is 0.493 e. The van der Waals surface area contributed by atoms with Crippen molar-refractivity contribution >= 4 is 5.97 Å². The molecule has 7 heteroatoms. The first-order valence-electron chi connectivity index (χ1n) is 6.46. The van der Waals surface area contributed by atoms with Crippen LogP contribution in [0.4, 0.5) is 13.2 Å². The molecule has 2 aromatic carbocycles. The van der Waals surface area contributed by atoms with Crippen molar-refractivity contribution in [1.82, 2.24) is 0 Å². The second kappa shape index (κ2) is 6.60. The number of halogens is 3. The highest BCUT2D eigenvalue weighted by Gasteiger charge is 2.31. The van der Waals surface area contributed by atoms with Crippen LogP contribution in [0.3, 0.4) is 0 Å². The highest BCUT2D eigenvalue weighted by atomic mass is 19.4. The van der Waals surface area contributed by atoms with Crippen LogP contribution < -0.4 is 9.47 Å². The van der Waals surface area contributed by atoms with Gasteiger partial charge in [0.25, 0.3) is 0 Å². The van der Waals surface area contributed by atoms with Crippen LogP contribution in [0.25, 0.3) is 0 Å². The van der Waals surface area contributed by atoms with E-state index in [9.17, 15) is 18.0 Å². The number of hydrogen-bond acceptors (Lipinski definition) is 4. The second-order valence-electron chi connectivity index (χ2n) is 4.48. The second-order valence-corrected chi connectivity index (χ2v) is 4.48. The van der Waals surface area contributed by atoms with Crippen molar-refractivity contribution in [3.8, 4) is 17.2 Å². The topological polar surface area (TPSA) is 44.8 Å². The Kier molecular flexibility index (Phi) is 4.78. The summed E-state index contributed by atoms with van der Waals surface area (Å²) in [6, 6.07) is 8.97. The Labute approximate surface area is 130 Å². The Morgan fingerprint density at radius 1 is 1.00 bits per heavy atom. The molecule has 122 valence electrons. The molecule has 0 spiro atoms. The summed E-state index contributed by atoms with van der Waals surface area (Å²) in [4.78, 5) is 11.5. The molecule has 0 bridgehead atoms. The van der Waals surface area contributed by atoms with Gasteiger partial charge in [0, 0.05) is 0 Å². The molecule has 0 saturated heterocycles. The van der Waals surface area contributed by atoms with Crippen molar-refractivity contribution in [2.45, 2.75) is 6.18 Å². The molecule has 0 N–H and O–H groups in total. The lowest BCUT2D eigenvalue weighted by molar-refractivity contribution is -0.137. The maximum Gasteiger partial charge on any atom is 0.416 e. The quantitative estimate of drug-likeness (QED) is 0.786. The van der Waals surface area contributed by atoms with E-state index in [1.807, 2.05) is 0 Å². The molecule has 0 fully saturated rings. The average Bonchev–Trinajstić information content (AvgIpc) is 2.53. The van der Waals surface area contributed by atoms with E-state index in [0.29, 0.717) is 0 Å². The van der Waals surface area contributed by atoms with Crippen LogP contribution >= 0.6 is 0 Å². The van der Waals surface area contributed by atoms with Crippen molar-refractivity contribution in [1.29, 1.82) is 0 Å². The number of ether oxygens (including phenoxy) is 3. The molecule has 0 heterocycles. The summed E-state index contributed by atoms with van der Waals surface area (Å²) in [5.41, 5.74) is -0.583. The maximum atomic E-state index is 12.7. The van der Waals surface area contributed by atoms with E-state index in [1.165, 1.54) is 26.4 Å². The molecule has 0 atom stereocenters. The van der Waals surface area contributed by atoms with Crippen LogP contribution in [0.5, 0.6) is 17.2 Å². The maximum absolute atomic E-state index is 12.7. The van der Waals surface area contributed by atoms with Crippen molar-refractivity contribution < 1.29 is 32.2 Å². The van der Waals surface area contributed by atoms with E-state index >= 15 is 0 Å². The van der Waals surface area contributed by atoms with E-state index in [2.05, 4.69) is 4.74 Å². The van der Waals surface area contributed by atoms with Gasteiger partial charge in [-0.1, -0.05) is 6.07 Å². The number of rotatable bonds is 4. The van der Waals surface area contributed by atoms with Crippen molar-refractivity contribution in [2.75, 3.05) is 14.2 Å². The zero-order valence-corrected chi connectivity index (χ0v) is 12.3. The fourth-order valence-corrected chi connectivity index (χ4v) is 1.86. The molecule has 2 rings (SSSR count). The summed E-state index contributed by atoms with van der Waals surface area (Å²) in [5, 5.41) is 0. The number of methoxy groups -OCH3 is 2. The zero-order valence-electron chi connectivity index (χ0n) is 12.3. The number of carbonyl (C=O) groups is 1. The van der Waals surface area contributed by atoms with E-state index < -0.39 is 17.7 Å². The molecule has 0 amide bonds. The Morgan fingerprint density at radius 2 is 1.74 bits per heavy atom. The Hall–Kier alpha value is -2.70. The summed E-state index contributed by atoms with van der Waals surface area (Å²) in [7, 11) is 2.49. The molecule has 0 unspecified atom stereocenters. The molecule has 0 radical (unpaired) electrons. The lowest BCUT2D eigenvalue weighted by Gasteiger charge is -2.13. The average molecular weight is 326 g/mol. The number of hydrogen-bond donors (Lipinski definition) is 0. The molecule has 0 aliphatic rings. The lowest BCUT2D eigenvalue weighted by atomic mass is 10.2. The highest BCUT2D eigenvalue weighted by molar-refractivity contribution is 5.89. The standard InChI is InChI=1S/C16H13F3O4/c1-21-14-9-11(16(17,18)19)6-7-13(14)23-12-5-3-4-10(8-12)15(20)22-2/h3-9H,1-2H3. The first-order chi connectivity index (χ1) is 10.8. The van der Waals surface area contributed by atoms with Crippen LogP contribution in [0.2, 0.25) is 0 Å². The fraction of sp³-hybridized carbons (Fsp3) is 0.188. The summed E-state index contributed by atoms with van der Waals surface area (Å²) >= 11 is 0. The first-order valence-corrected chi connectivity index (χ1v) is 6.46. The molecule has 0 saturated carbocycles. The van der Waals surface area contributed by atoms with Crippen molar-refractivity contribution in [3.63, 3.8) is 0 Å². The predicted molar refractivity (Wildman–Crippen MR) is 75.9 cm³/mol. The van der Waals surface area contributed by atoms with Crippen LogP contribution in [-0.2, 0) is 10.9 Å². The van der Waals surface area contributed by atoms with Crippen molar-refractivity contribution in [3.05, 3.63) is 53.6 Å². The molecule has 0 aromatic heterocycles. The molecule has 0 aliphatic heterocycles. The van der Waals surface area contributed by atoms with Gasteiger partial charge in [0.2, 0.25) is 0 Å². The molecule has 2 aromatic rings. The van der Waals surface area contributed by atoms with Gasteiger partial charge in [-0.15, -0.1) is 0 Å². The van der Waals surface area contributed by atoms with Gasteiger partial charge in [-0.25, -0.2) is 4.79 Å². The number of carbonyl (C=O) groups excluding carboxylic acids is 1. The minimum atomic E-state index is -4.48. The molecule has 0 aliphatic carbocycles. The molecule has 23 heavy (non-hydrogen) atoms. The Bertz CT molecular complexity index is 711. The smallest absolute Gasteiger partial charge is 0.416 e. The lowest BCUT2D eigenvalue weighted by Crippen LogP contribution is -2.05. The first kappa shape index (κ1) is 16.7. The molecule has 4 nitrogen and oxygen atoms in total. The van der Waals surface area contributed by atoms with Crippen LogP contribution in [0.15, 0.2) is 42.5 Å². The van der Waals surface area contributed by atoms with E-state index in [-0.39, 0.29) is 22.8 Å². The van der Waals surface area contributed by atoms with Gasteiger partial charge in [-0.05, 0) is 36.4 Å². The van der Waals surface area contributed by atoms with Crippen LogP contribution in [-0.4, -0.2) is 20.2 Å². The van der Waals surface area contributed by atoms with E-state index in [0.717, 1.165) is 18.2 Å². The summed E-state index contributed by atoms with van der Waals surface area (Å²) in [5.74, 6) is -0.244. The SMILES string of the molecule is COC(=O)c1cccc(Oc2ccc(C(F)(F)F)cc2OC)c1. The van der Waals surface area contributed by atoms with Gasteiger partial charge in [-0.2, -0.15) is 13.2 Å². The van der Waals surface area contributed by atoms with Gasteiger partial charge in [-0.3, -0.25) is 0 Å². The molecular weight excluding hydrogens is 313 g/mol. The molecular formula is C16H13F3O4. The number of esters is 1. The van der Waals surface area contributed by atoms with Crippen molar-refractivity contribution in [2.24, 2.45) is 0 Å². The minimum absolute atomic E-state index is 0.0664. The van der Waals surface area contributed by atoms with Crippen LogP contribution in [0, 0.1) is 0 Å². The third kappa shape index (κ3) is 3.94. The Morgan fingerprint density at radius 3 is 2.35 bits per heavy atom. The van der Waals surface area contributed by atoms with Gasteiger partial charge >= 0.3 is 12.1 Å². The number of alkyl halides is 3. The fourth-order valence-electron chi connectivity index (χ4n) is 1.86. The zero-order chi connectivity index (χ0) is 17.0. The third-order valence-electron chi connectivity index (χ3n) is 2.97. The van der Waals surface area contributed by atoms with Gasteiger partial charge in [0.05, 0.1) is 25.3 Å². The Balaban J connectivity index is 2.31. The monoisotopic (exact) mass is 326 g/mol. The number of benzene rings is 2. The summed E-state index contributed by atoms with van der Waals surface area (Å²) < 4.78 is 53.1. The third-order valence-corrected chi connectivity index (χ3v) is 2.97. The van der Waals surface area contributed by atoms with E-state index in [4.69, 9.17) is 9.47 Å². The van der Waals surface area contributed by atoms with Gasteiger partial charge < -0.3 is 14.2 Å². The normalized spacial score (nSPS) is 11.0. The predicted octanol–water partition coefficient (Wildman–Crippen LogP) is 4.29. The van der Waals surface area contributed by atoms with E-state index in [1.54, 1.807) is 12.1 Å². The van der Waals surface area contributed by atoms with Gasteiger partial charge in [0.15, 0.2) is 11.5 Å². The van der Waals surface area contributed by atoms with Gasteiger partial charge in [0.1, 0.15) is 5.75 Å². The summed E-state index contributed by atoms with van der Waals surface area (Å²) in [6.07, 6.45) is -4.48.